The minimum Gasteiger partial charge on any atom is -0.465 e. The number of rotatable bonds is 5. The summed E-state index contributed by atoms with van der Waals surface area (Å²) in [6.07, 6.45) is 7.18. The van der Waals surface area contributed by atoms with Crippen LogP contribution in [0.5, 0.6) is 0 Å². The molecule has 1 aromatic heterocycles. The highest BCUT2D eigenvalue weighted by molar-refractivity contribution is 14.1. The van der Waals surface area contributed by atoms with Gasteiger partial charge in [0.2, 0.25) is 0 Å². The summed E-state index contributed by atoms with van der Waals surface area (Å²) >= 11 is 2.41. The first-order valence-corrected chi connectivity index (χ1v) is 9.94. The first-order valence-electron chi connectivity index (χ1n) is 8.41. The first-order chi connectivity index (χ1) is 11.0. The number of ether oxygens (including phenoxy) is 2. The number of alkyl halides is 1. The summed E-state index contributed by atoms with van der Waals surface area (Å²) in [5.41, 5.74) is 0.355. The van der Waals surface area contributed by atoms with Gasteiger partial charge in [0.25, 0.3) is 0 Å². The number of esters is 1. The van der Waals surface area contributed by atoms with Crippen LogP contribution in [-0.4, -0.2) is 32.4 Å². The lowest BCUT2D eigenvalue weighted by atomic mass is 9.61. The summed E-state index contributed by atoms with van der Waals surface area (Å²) < 4.78 is 14.8. The molecule has 0 aromatic carbocycles. The van der Waals surface area contributed by atoms with E-state index in [-0.39, 0.29) is 17.7 Å². The van der Waals surface area contributed by atoms with Crippen molar-refractivity contribution < 1.29 is 14.3 Å². The van der Waals surface area contributed by atoms with Crippen molar-refractivity contribution in [1.29, 1.82) is 0 Å². The Morgan fingerprint density at radius 3 is 2.70 bits per heavy atom. The van der Waals surface area contributed by atoms with Crippen LogP contribution in [0.1, 0.15) is 64.2 Å². The van der Waals surface area contributed by atoms with E-state index >= 15 is 0 Å². The molecule has 0 amide bonds. The number of carbonyl (C=O) groups is 1. The highest BCUT2D eigenvalue weighted by atomic mass is 127. The number of nitrogens with zero attached hydrogens (tertiary/aromatic N) is 2. The standard InChI is InChI=1S/C17H25IN2O3/c1-4-22-15(21)17-7-5-16(11-18,6-8-17)23-14(17)13-9-19-20(10-13)12(2)3/h9-10,12,14H,4-8,11H2,1-3H3. The fraction of sp³-hybridized carbons (Fsp3) is 0.765. The van der Waals surface area contributed by atoms with E-state index in [0.29, 0.717) is 12.6 Å². The molecule has 6 heteroatoms. The molecule has 2 saturated heterocycles. The van der Waals surface area contributed by atoms with Gasteiger partial charge in [-0.15, -0.1) is 0 Å². The molecule has 2 aliphatic heterocycles. The quantitative estimate of drug-likeness (QED) is 0.403. The smallest absolute Gasteiger partial charge is 0.315 e. The van der Waals surface area contributed by atoms with E-state index in [4.69, 9.17) is 9.47 Å². The van der Waals surface area contributed by atoms with Gasteiger partial charge in [0.1, 0.15) is 6.10 Å². The predicted octanol–water partition coefficient (Wildman–Crippen LogP) is 3.83. The molecule has 0 radical (unpaired) electrons. The molecule has 3 heterocycles. The van der Waals surface area contributed by atoms with Crippen LogP contribution in [-0.2, 0) is 14.3 Å². The predicted molar refractivity (Wildman–Crippen MR) is 95.6 cm³/mol. The third-order valence-electron chi connectivity index (χ3n) is 5.30. The van der Waals surface area contributed by atoms with Gasteiger partial charge in [-0.1, -0.05) is 22.6 Å². The van der Waals surface area contributed by atoms with Gasteiger partial charge in [0, 0.05) is 22.2 Å². The Balaban J connectivity index is 1.97. The molecule has 1 aromatic rings. The summed E-state index contributed by atoms with van der Waals surface area (Å²) in [6, 6.07) is 0.293. The van der Waals surface area contributed by atoms with E-state index in [0.717, 1.165) is 35.7 Å². The van der Waals surface area contributed by atoms with Crippen LogP contribution in [0, 0.1) is 5.41 Å². The summed E-state index contributed by atoms with van der Waals surface area (Å²) in [6.45, 7) is 6.47. The zero-order valence-electron chi connectivity index (χ0n) is 14.0. The van der Waals surface area contributed by atoms with Gasteiger partial charge in [-0.2, -0.15) is 5.10 Å². The Morgan fingerprint density at radius 2 is 2.17 bits per heavy atom. The van der Waals surface area contributed by atoms with Gasteiger partial charge < -0.3 is 9.47 Å². The number of aromatic nitrogens is 2. The summed E-state index contributed by atoms with van der Waals surface area (Å²) in [5.74, 6) is -0.107. The Kier molecular flexibility index (Phi) is 4.75. The third-order valence-corrected chi connectivity index (χ3v) is 6.69. The van der Waals surface area contributed by atoms with Crippen molar-refractivity contribution >= 4 is 28.6 Å². The molecule has 128 valence electrons. The number of fused-ring (bicyclic) bond motifs is 3. The molecule has 5 nitrogen and oxygen atoms in total. The summed E-state index contributed by atoms with van der Waals surface area (Å²) in [4.78, 5) is 12.8. The van der Waals surface area contributed by atoms with Crippen molar-refractivity contribution in [1.82, 2.24) is 9.78 Å². The Labute approximate surface area is 151 Å². The number of halogens is 1. The molecule has 2 bridgehead atoms. The third kappa shape index (κ3) is 2.81. The molecular weight excluding hydrogens is 407 g/mol. The summed E-state index contributed by atoms with van der Waals surface area (Å²) in [7, 11) is 0. The van der Waals surface area contributed by atoms with Gasteiger partial charge in [-0.05, 0) is 46.5 Å². The van der Waals surface area contributed by atoms with Gasteiger partial charge in [0.05, 0.1) is 23.8 Å². The Bertz CT molecular complexity index is 576. The number of carbonyl (C=O) groups excluding carboxylic acids is 1. The van der Waals surface area contributed by atoms with Crippen molar-refractivity contribution in [2.75, 3.05) is 11.0 Å². The first kappa shape index (κ1) is 17.2. The zero-order chi connectivity index (χ0) is 16.7. The van der Waals surface area contributed by atoms with E-state index in [1.165, 1.54) is 0 Å². The average Bonchev–Trinajstić information content (AvgIpc) is 3.06. The largest absolute Gasteiger partial charge is 0.465 e. The molecule has 1 atom stereocenters. The fourth-order valence-electron chi connectivity index (χ4n) is 3.80. The monoisotopic (exact) mass is 432 g/mol. The van der Waals surface area contributed by atoms with Crippen LogP contribution in [0.3, 0.4) is 0 Å². The number of hydrogen-bond acceptors (Lipinski definition) is 4. The second-order valence-electron chi connectivity index (χ2n) is 7.04. The lowest BCUT2D eigenvalue weighted by Gasteiger charge is -2.55. The lowest BCUT2D eigenvalue weighted by Crippen LogP contribution is -2.57. The molecule has 1 aliphatic carbocycles. The average molecular weight is 432 g/mol. The maximum atomic E-state index is 12.8. The van der Waals surface area contributed by atoms with Crippen molar-refractivity contribution in [3.8, 4) is 0 Å². The molecular formula is C17H25IN2O3. The van der Waals surface area contributed by atoms with E-state index in [1.54, 1.807) is 0 Å². The second-order valence-corrected chi connectivity index (χ2v) is 7.80. The molecule has 3 aliphatic rings. The van der Waals surface area contributed by atoms with Crippen LogP contribution in [0.15, 0.2) is 12.4 Å². The molecule has 4 rings (SSSR count). The van der Waals surface area contributed by atoms with Crippen molar-refractivity contribution in [2.45, 2.75) is 64.2 Å². The second kappa shape index (κ2) is 6.35. The minimum atomic E-state index is -0.547. The molecule has 1 saturated carbocycles. The van der Waals surface area contributed by atoms with Crippen LogP contribution in [0.2, 0.25) is 0 Å². The molecule has 1 unspecified atom stereocenters. The van der Waals surface area contributed by atoms with Gasteiger partial charge in [0.15, 0.2) is 0 Å². The van der Waals surface area contributed by atoms with Crippen LogP contribution in [0.25, 0.3) is 0 Å². The number of hydrogen-bond donors (Lipinski definition) is 0. The normalized spacial score (nSPS) is 33.2. The van der Waals surface area contributed by atoms with Crippen LogP contribution < -0.4 is 0 Å². The maximum Gasteiger partial charge on any atom is 0.315 e. The molecule has 0 spiro atoms. The highest BCUT2D eigenvalue weighted by Crippen LogP contribution is 2.59. The SMILES string of the molecule is CCOC(=O)C12CCC(CI)(CC1)OC2c1cnn(C(C)C)c1. The van der Waals surface area contributed by atoms with E-state index in [1.807, 2.05) is 24.0 Å². The molecule has 23 heavy (non-hydrogen) atoms. The molecule has 0 N–H and O–H groups in total. The summed E-state index contributed by atoms with van der Waals surface area (Å²) in [5, 5.41) is 4.44. The zero-order valence-corrected chi connectivity index (χ0v) is 16.2. The van der Waals surface area contributed by atoms with Crippen molar-refractivity contribution in [2.24, 2.45) is 5.41 Å². The van der Waals surface area contributed by atoms with Gasteiger partial charge >= 0.3 is 5.97 Å². The van der Waals surface area contributed by atoms with Crippen LogP contribution in [0.4, 0.5) is 0 Å². The van der Waals surface area contributed by atoms with E-state index in [2.05, 4.69) is 41.5 Å². The minimum absolute atomic E-state index is 0.0978. The van der Waals surface area contributed by atoms with Crippen molar-refractivity contribution in [3.05, 3.63) is 18.0 Å². The molecule has 3 fully saturated rings. The van der Waals surface area contributed by atoms with Gasteiger partial charge in [-0.25, -0.2) is 0 Å². The Morgan fingerprint density at radius 1 is 1.48 bits per heavy atom. The fourth-order valence-corrected chi connectivity index (χ4v) is 4.75. The van der Waals surface area contributed by atoms with E-state index in [9.17, 15) is 4.79 Å². The lowest BCUT2D eigenvalue weighted by molar-refractivity contribution is -0.235. The van der Waals surface area contributed by atoms with Crippen molar-refractivity contribution in [3.63, 3.8) is 0 Å². The van der Waals surface area contributed by atoms with Crippen LogP contribution >= 0.6 is 22.6 Å². The topological polar surface area (TPSA) is 53.4 Å². The highest BCUT2D eigenvalue weighted by Gasteiger charge is 2.60. The van der Waals surface area contributed by atoms with E-state index < -0.39 is 5.41 Å². The Hall–Kier alpha value is -0.630. The van der Waals surface area contributed by atoms with Gasteiger partial charge in [-0.3, -0.25) is 9.48 Å². The maximum absolute atomic E-state index is 12.8.